The zero-order valence-corrected chi connectivity index (χ0v) is 15.4. The van der Waals surface area contributed by atoms with Crippen LogP contribution in [0.15, 0.2) is 30.3 Å². The first kappa shape index (κ1) is 19.5. The lowest BCUT2D eigenvalue weighted by molar-refractivity contribution is -0.141. The Hall–Kier alpha value is -1.85. The molecule has 0 saturated carbocycles. The van der Waals surface area contributed by atoms with E-state index in [1.165, 1.54) is 7.11 Å². The van der Waals surface area contributed by atoms with Crippen LogP contribution in [0.4, 0.5) is 0 Å². The van der Waals surface area contributed by atoms with Gasteiger partial charge in [0.05, 0.1) is 19.6 Å². The number of ether oxygens (including phenoxy) is 2. The summed E-state index contributed by atoms with van der Waals surface area (Å²) in [6.45, 7) is 3.35. The van der Waals surface area contributed by atoms with Crippen LogP contribution < -0.4 is 0 Å². The summed E-state index contributed by atoms with van der Waals surface area (Å²) in [4.78, 5) is 25.8. The summed E-state index contributed by atoms with van der Waals surface area (Å²) in [5.41, 5.74) is 1.61. The zero-order valence-electron chi connectivity index (χ0n) is 14.7. The third kappa shape index (κ3) is 5.87. The Bertz CT molecular complexity index is 638. The standard InChI is InChI=1S/C19H24ClNO4/c1-14(16-7-3-4-8-17(16)20)12-18(22)21(10-9-19(23)24-2)13-15-6-5-11-25-15/h3-4,7-8,12,15H,5-6,9-11,13H2,1-2H3/b14-12-. The topological polar surface area (TPSA) is 55.8 Å². The minimum absolute atomic E-state index is 0.0237. The van der Waals surface area contributed by atoms with Crippen molar-refractivity contribution in [1.82, 2.24) is 4.90 Å². The molecule has 0 aliphatic carbocycles. The van der Waals surface area contributed by atoms with Crippen molar-refractivity contribution >= 4 is 29.1 Å². The highest BCUT2D eigenvalue weighted by Crippen LogP contribution is 2.23. The summed E-state index contributed by atoms with van der Waals surface area (Å²) in [6.07, 6.45) is 3.67. The van der Waals surface area contributed by atoms with Crippen LogP contribution in [0.5, 0.6) is 0 Å². The van der Waals surface area contributed by atoms with Gasteiger partial charge in [-0.05, 0) is 37.0 Å². The second-order valence-electron chi connectivity index (χ2n) is 6.05. The van der Waals surface area contributed by atoms with Gasteiger partial charge in [0.2, 0.25) is 5.91 Å². The molecule has 1 unspecified atom stereocenters. The quantitative estimate of drug-likeness (QED) is 0.549. The maximum atomic E-state index is 12.7. The molecular formula is C19H24ClNO4. The second kappa shape index (κ2) is 9.59. The molecule has 1 aliphatic heterocycles. The normalized spacial score (nSPS) is 17.4. The number of esters is 1. The molecule has 0 radical (unpaired) electrons. The molecule has 1 aliphatic rings. The molecule has 1 aromatic rings. The minimum Gasteiger partial charge on any atom is -0.469 e. The highest BCUT2D eigenvalue weighted by molar-refractivity contribution is 6.32. The number of amides is 1. The number of methoxy groups -OCH3 is 1. The Labute approximate surface area is 153 Å². The van der Waals surface area contributed by atoms with Crippen LogP contribution in [0, 0.1) is 0 Å². The van der Waals surface area contributed by atoms with Crippen molar-refractivity contribution in [2.45, 2.75) is 32.3 Å². The molecule has 5 nitrogen and oxygen atoms in total. The number of rotatable bonds is 7. The lowest BCUT2D eigenvalue weighted by Crippen LogP contribution is -2.38. The summed E-state index contributed by atoms with van der Waals surface area (Å²) in [5, 5.41) is 0.601. The number of nitrogens with zero attached hydrogens (tertiary/aromatic N) is 1. The molecule has 0 spiro atoms. The van der Waals surface area contributed by atoms with Crippen molar-refractivity contribution in [2.24, 2.45) is 0 Å². The van der Waals surface area contributed by atoms with Gasteiger partial charge in [0, 0.05) is 30.8 Å². The molecule has 1 atom stereocenters. The first-order chi connectivity index (χ1) is 12.0. The summed E-state index contributed by atoms with van der Waals surface area (Å²) in [7, 11) is 1.34. The predicted octanol–water partition coefficient (Wildman–Crippen LogP) is 3.31. The number of carbonyl (C=O) groups is 2. The Kier molecular flexibility index (Phi) is 7.47. The van der Waals surface area contributed by atoms with E-state index in [0.717, 1.165) is 30.6 Å². The molecule has 1 heterocycles. The van der Waals surface area contributed by atoms with E-state index in [4.69, 9.17) is 16.3 Å². The van der Waals surface area contributed by atoms with Gasteiger partial charge < -0.3 is 14.4 Å². The molecule has 136 valence electrons. The van der Waals surface area contributed by atoms with E-state index in [1.54, 1.807) is 17.0 Å². The maximum Gasteiger partial charge on any atom is 0.307 e. The van der Waals surface area contributed by atoms with Gasteiger partial charge in [0.1, 0.15) is 0 Å². The highest BCUT2D eigenvalue weighted by Gasteiger charge is 2.22. The molecule has 1 fully saturated rings. The average molecular weight is 366 g/mol. The van der Waals surface area contributed by atoms with Crippen LogP contribution in [0.2, 0.25) is 5.02 Å². The summed E-state index contributed by atoms with van der Waals surface area (Å²) >= 11 is 6.19. The van der Waals surface area contributed by atoms with Gasteiger partial charge in [-0.25, -0.2) is 0 Å². The molecule has 2 rings (SSSR count). The smallest absolute Gasteiger partial charge is 0.307 e. The van der Waals surface area contributed by atoms with Gasteiger partial charge in [-0.15, -0.1) is 0 Å². The SMILES string of the molecule is COC(=O)CCN(CC1CCCO1)C(=O)/C=C(/C)c1ccccc1Cl. The number of hydrogen-bond acceptors (Lipinski definition) is 4. The zero-order chi connectivity index (χ0) is 18.2. The van der Waals surface area contributed by atoms with E-state index in [1.807, 2.05) is 25.1 Å². The van der Waals surface area contributed by atoms with Crippen molar-refractivity contribution in [2.75, 3.05) is 26.8 Å². The van der Waals surface area contributed by atoms with Gasteiger partial charge in [-0.2, -0.15) is 0 Å². The number of halogens is 1. The molecule has 1 saturated heterocycles. The van der Waals surface area contributed by atoms with Gasteiger partial charge in [0.15, 0.2) is 0 Å². The average Bonchev–Trinajstić information content (AvgIpc) is 3.11. The molecule has 6 heteroatoms. The fourth-order valence-corrected chi connectivity index (χ4v) is 3.07. The van der Waals surface area contributed by atoms with Crippen LogP contribution >= 0.6 is 11.6 Å². The molecule has 0 N–H and O–H groups in total. The monoisotopic (exact) mass is 365 g/mol. The first-order valence-corrected chi connectivity index (χ1v) is 8.79. The molecule has 1 aromatic carbocycles. The maximum absolute atomic E-state index is 12.7. The number of carbonyl (C=O) groups excluding carboxylic acids is 2. The molecule has 0 aromatic heterocycles. The number of hydrogen-bond donors (Lipinski definition) is 0. The third-order valence-corrected chi connectivity index (χ3v) is 4.54. The largest absolute Gasteiger partial charge is 0.469 e. The Morgan fingerprint density at radius 2 is 2.16 bits per heavy atom. The fourth-order valence-electron chi connectivity index (χ4n) is 2.79. The van der Waals surface area contributed by atoms with Crippen LogP contribution in [-0.4, -0.2) is 49.7 Å². The lowest BCUT2D eigenvalue weighted by Gasteiger charge is -2.24. The Morgan fingerprint density at radius 1 is 1.40 bits per heavy atom. The van der Waals surface area contributed by atoms with Gasteiger partial charge >= 0.3 is 5.97 Å². The number of benzene rings is 1. The lowest BCUT2D eigenvalue weighted by atomic mass is 10.1. The molecule has 0 bridgehead atoms. The van der Waals surface area contributed by atoms with E-state index in [0.29, 0.717) is 18.1 Å². The minimum atomic E-state index is -0.336. The van der Waals surface area contributed by atoms with E-state index >= 15 is 0 Å². The summed E-state index contributed by atoms with van der Waals surface area (Å²) in [6, 6.07) is 7.39. The van der Waals surface area contributed by atoms with Crippen LogP contribution in [0.3, 0.4) is 0 Å². The van der Waals surface area contributed by atoms with Crippen molar-refractivity contribution < 1.29 is 19.1 Å². The van der Waals surface area contributed by atoms with E-state index < -0.39 is 0 Å². The van der Waals surface area contributed by atoms with Crippen molar-refractivity contribution in [1.29, 1.82) is 0 Å². The predicted molar refractivity (Wildman–Crippen MR) is 97.3 cm³/mol. The summed E-state index contributed by atoms with van der Waals surface area (Å²) in [5.74, 6) is -0.492. The van der Waals surface area contributed by atoms with Crippen LogP contribution in [-0.2, 0) is 19.1 Å². The second-order valence-corrected chi connectivity index (χ2v) is 6.46. The van der Waals surface area contributed by atoms with Crippen LogP contribution in [0.1, 0.15) is 31.7 Å². The summed E-state index contributed by atoms with van der Waals surface area (Å²) < 4.78 is 10.3. The molecule has 25 heavy (non-hydrogen) atoms. The van der Waals surface area contributed by atoms with Crippen molar-refractivity contribution in [3.05, 3.63) is 40.9 Å². The van der Waals surface area contributed by atoms with Crippen molar-refractivity contribution in [3.63, 3.8) is 0 Å². The first-order valence-electron chi connectivity index (χ1n) is 8.41. The van der Waals surface area contributed by atoms with Crippen molar-refractivity contribution in [3.8, 4) is 0 Å². The van der Waals surface area contributed by atoms with Gasteiger partial charge in [-0.3, -0.25) is 9.59 Å². The van der Waals surface area contributed by atoms with E-state index in [2.05, 4.69) is 4.74 Å². The number of allylic oxidation sites excluding steroid dienone is 1. The highest BCUT2D eigenvalue weighted by atomic mass is 35.5. The molecule has 1 amide bonds. The third-order valence-electron chi connectivity index (χ3n) is 4.21. The van der Waals surface area contributed by atoms with Gasteiger partial charge in [0.25, 0.3) is 0 Å². The Balaban J connectivity index is 2.10. The molecular weight excluding hydrogens is 342 g/mol. The van der Waals surface area contributed by atoms with Gasteiger partial charge in [-0.1, -0.05) is 29.8 Å². The Morgan fingerprint density at radius 3 is 2.80 bits per heavy atom. The van der Waals surface area contributed by atoms with E-state index in [9.17, 15) is 9.59 Å². The van der Waals surface area contributed by atoms with Crippen LogP contribution in [0.25, 0.3) is 5.57 Å². The fraction of sp³-hybridized carbons (Fsp3) is 0.474. The van der Waals surface area contributed by atoms with E-state index in [-0.39, 0.29) is 24.4 Å².